The van der Waals surface area contributed by atoms with Crippen molar-refractivity contribution in [3.05, 3.63) is 46.5 Å². The van der Waals surface area contributed by atoms with Crippen molar-refractivity contribution in [3.63, 3.8) is 0 Å². The molecule has 1 aromatic carbocycles. The van der Waals surface area contributed by atoms with E-state index in [0.717, 1.165) is 21.9 Å². The van der Waals surface area contributed by atoms with Crippen LogP contribution in [0, 0.1) is 13.8 Å². The van der Waals surface area contributed by atoms with Crippen molar-refractivity contribution in [1.82, 2.24) is 4.98 Å². The number of ether oxygens (including phenoxy) is 1. The summed E-state index contributed by atoms with van der Waals surface area (Å²) in [5.41, 5.74) is 1.89. The standard InChI is InChI=1S/C15H16N2O2S/c1-10-11(2)20-15(16-10)17-14(18)9-6-12-4-7-13(19-3)8-5-12/h4-9H,1-3H3,(H,16,17,18). The molecule has 0 aliphatic rings. The number of methoxy groups -OCH3 is 1. The lowest BCUT2D eigenvalue weighted by molar-refractivity contribution is -0.111. The number of carbonyl (C=O) groups excluding carboxylic acids is 1. The summed E-state index contributed by atoms with van der Waals surface area (Å²) in [7, 11) is 1.62. The molecule has 0 aliphatic heterocycles. The summed E-state index contributed by atoms with van der Waals surface area (Å²) < 4.78 is 5.08. The van der Waals surface area contributed by atoms with Crippen molar-refractivity contribution in [1.29, 1.82) is 0 Å². The van der Waals surface area contributed by atoms with Crippen LogP contribution in [0.2, 0.25) is 0 Å². The van der Waals surface area contributed by atoms with Crippen LogP contribution in [0.15, 0.2) is 30.3 Å². The Kier molecular flexibility index (Phi) is 4.53. The number of rotatable bonds is 4. The second-order valence-electron chi connectivity index (χ2n) is 4.26. The van der Waals surface area contributed by atoms with E-state index in [9.17, 15) is 4.79 Å². The van der Waals surface area contributed by atoms with Crippen LogP contribution in [0.5, 0.6) is 5.75 Å². The number of aryl methyl sites for hydroxylation is 2. The molecule has 2 aromatic rings. The van der Waals surface area contributed by atoms with Gasteiger partial charge in [0, 0.05) is 11.0 Å². The van der Waals surface area contributed by atoms with Gasteiger partial charge in [-0.1, -0.05) is 12.1 Å². The van der Waals surface area contributed by atoms with Gasteiger partial charge in [0.2, 0.25) is 5.91 Å². The first-order chi connectivity index (χ1) is 9.58. The summed E-state index contributed by atoms with van der Waals surface area (Å²) in [6, 6.07) is 7.48. The first-order valence-corrected chi connectivity index (χ1v) is 6.97. The number of nitrogens with zero attached hydrogens (tertiary/aromatic N) is 1. The molecule has 1 heterocycles. The summed E-state index contributed by atoms with van der Waals surface area (Å²) >= 11 is 1.48. The van der Waals surface area contributed by atoms with E-state index < -0.39 is 0 Å². The summed E-state index contributed by atoms with van der Waals surface area (Å²) in [5.74, 6) is 0.606. The van der Waals surface area contributed by atoms with Gasteiger partial charge in [-0.05, 0) is 37.6 Å². The highest BCUT2D eigenvalue weighted by molar-refractivity contribution is 7.15. The molecule has 1 amide bonds. The maximum atomic E-state index is 11.8. The molecular weight excluding hydrogens is 272 g/mol. The molecule has 20 heavy (non-hydrogen) atoms. The van der Waals surface area contributed by atoms with Crippen LogP contribution in [0.1, 0.15) is 16.1 Å². The van der Waals surface area contributed by atoms with Crippen LogP contribution in [0.25, 0.3) is 6.08 Å². The third-order valence-corrected chi connectivity index (χ3v) is 3.79. The zero-order chi connectivity index (χ0) is 14.5. The van der Waals surface area contributed by atoms with E-state index in [1.807, 2.05) is 38.1 Å². The van der Waals surface area contributed by atoms with Crippen molar-refractivity contribution >= 4 is 28.5 Å². The Morgan fingerprint density at radius 3 is 2.55 bits per heavy atom. The number of thiazole rings is 1. The fraction of sp³-hybridized carbons (Fsp3) is 0.200. The molecule has 0 saturated heterocycles. The monoisotopic (exact) mass is 288 g/mol. The summed E-state index contributed by atoms with van der Waals surface area (Å²) in [6.07, 6.45) is 3.25. The zero-order valence-electron chi connectivity index (χ0n) is 11.6. The highest BCUT2D eigenvalue weighted by Gasteiger charge is 2.05. The smallest absolute Gasteiger partial charge is 0.250 e. The number of amides is 1. The summed E-state index contributed by atoms with van der Waals surface area (Å²) in [6.45, 7) is 3.91. The van der Waals surface area contributed by atoms with Gasteiger partial charge in [-0.3, -0.25) is 10.1 Å². The maximum Gasteiger partial charge on any atom is 0.250 e. The van der Waals surface area contributed by atoms with Gasteiger partial charge in [-0.2, -0.15) is 0 Å². The van der Waals surface area contributed by atoms with Crippen molar-refractivity contribution < 1.29 is 9.53 Å². The van der Waals surface area contributed by atoms with Gasteiger partial charge in [-0.15, -0.1) is 11.3 Å². The quantitative estimate of drug-likeness (QED) is 0.877. The third-order valence-electron chi connectivity index (χ3n) is 2.80. The highest BCUT2D eigenvalue weighted by atomic mass is 32.1. The minimum absolute atomic E-state index is 0.186. The van der Waals surface area contributed by atoms with Crippen LogP contribution in [-0.4, -0.2) is 18.0 Å². The van der Waals surface area contributed by atoms with Gasteiger partial charge in [0.1, 0.15) is 5.75 Å². The molecule has 0 spiro atoms. The molecule has 4 nitrogen and oxygen atoms in total. The molecule has 0 bridgehead atoms. The maximum absolute atomic E-state index is 11.8. The van der Waals surface area contributed by atoms with E-state index in [1.165, 1.54) is 17.4 Å². The average Bonchev–Trinajstić information content (AvgIpc) is 2.75. The van der Waals surface area contributed by atoms with Crippen molar-refractivity contribution in [2.45, 2.75) is 13.8 Å². The molecule has 0 atom stereocenters. The molecular formula is C15H16N2O2S. The Labute approximate surface area is 122 Å². The average molecular weight is 288 g/mol. The molecule has 0 unspecified atom stereocenters. The second-order valence-corrected chi connectivity index (χ2v) is 5.46. The van der Waals surface area contributed by atoms with Crippen molar-refractivity contribution in [2.75, 3.05) is 12.4 Å². The van der Waals surface area contributed by atoms with Crippen LogP contribution in [0.4, 0.5) is 5.13 Å². The first-order valence-electron chi connectivity index (χ1n) is 6.15. The molecule has 104 valence electrons. The molecule has 5 heteroatoms. The van der Waals surface area contributed by atoms with Crippen LogP contribution < -0.4 is 10.1 Å². The molecule has 2 rings (SSSR count). The Bertz CT molecular complexity index is 610. The fourth-order valence-electron chi connectivity index (χ4n) is 1.56. The topological polar surface area (TPSA) is 51.2 Å². The van der Waals surface area contributed by atoms with E-state index in [2.05, 4.69) is 10.3 Å². The molecule has 0 radical (unpaired) electrons. The number of carbonyl (C=O) groups is 1. The first kappa shape index (κ1) is 14.3. The van der Waals surface area contributed by atoms with Crippen molar-refractivity contribution in [3.8, 4) is 5.75 Å². The van der Waals surface area contributed by atoms with E-state index in [1.54, 1.807) is 13.2 Å². The molecule has 0 aliphatic carbocycles. The van der Waals surface area contributed by atoms with Crippen LogP contribution in [0.3, 0.4) is 0 Å². The predicted molar refractivity (Wildman–Crippen MR) is 82.2 cm³/mol. The normalized spacial score (nSPS) is 10.8. The second kappa shape index (κ2) is 6.34. The SMILES string of the molecule is COc1ccc(C=CC(=O)Nc2nc(C)c(C)s2)cc1. The number of aromatic nitrogens is 1. The predicted octanol–water partition coefficient (Wildman–Crippen LogP) is 3.42. The van der Waals surface area contributed by atoms with Gasteiger partial charge in [0.05, 0.1) is 12.8 Å². The van der Waals surface area contributed by atoms with Crippen LogP contribution >= 0.6 is 11.3 Å². The van der Waals surface area contributed by atoms with E-state index in [0.29, 0.717) is 5.13 Å². The third kappa shape index (κ3) is 3.68. The molecule has 0 saturated carbocycles. The Morgan fingerprint density at radius 1 is 1.30 bits per heavy atom. The Morgan fingerprint density at radius 2 is 2.00 bits per heavy atom. The number of anilines is 1. The number of benzene rings is 1. The number of hydrogen-bond donors (Lipinski definition) is 1. The molecule has 1 aromatic heterocycles. The Hall–Kier alpha value is -2.14. The Balaban J connectivity index is 1.97. The zero-order valence-corrected chi connectivity index (χ0v) is 12.5. The highest BCUT2D eigenvalue weighted by Crippen LogP contribution is 2.21. The molecule has 1 N–H and O–H groups in total. The van der Waals surface area contributed by atoms with E-state index >= 15 is 0 Å². The van der Waals surface area contributed by atoms with Gasteiger partial charge in [0.25, 0.3) is 0 Å². The van der Waals surface area contributed by atoms with Gasteiger partial charge in [0.15, 0.2) is 5.13 Å². The van der Waals surface area contributed by atoms with E-state index in [-0.39, 0.29) is 5.91 Å². The lowest BCUT2D eigenvalue weighted by Crippen LogP contribution is -2.07. The number of hydrogen-bond acceptors (Lipinski definition) is 4. The fourth-order valence-corrected chi connectivity index (χ4v) is 2.38. The van der Waals surface area contributed by atoms with E-state index in [4.69, 9.17) is 4.74 Å². The van der Waals surface area contributed by atoms with Crippen molar-refractivity contribution in [2.24, 2.45) is 0 Å². The number of nitrogens with one attached hydrogen (secondary N) is 1. The summed E-state index contributed by atoms with van der Waals surface area (Å²) in [5, 5.41) is 3.38. The van der Waals surface area contributed by atoms with Gasteiger partial charge < -0.3 is 4.74 Å². The lowest BCUT2D eigenvalue weighted by Gasteiger charge is -1.99. The van der Waals surface area contributed by atoms with Gasteiger partial charge in [-0.25, -0.2) is 4.98 Å². The van der Waals surface area contributed by atoms with Gasteiger partial charge >= 0.3 is 0 Å². The lowest BCUT2D eigenvalue weighted by atomic mass is 10.2. The minimum atomic E-state index is -0.186. The molecule has 0 fully saturated rings. The van der Waals surface area contributed by atoms with Crippen LogP contribution in [-0.2, 0) is 4.79 Å². The minimum Gasteiger partial charge on any atom is -0.497 e. The largest absolute Gasteiger partial charge is 0.497 e. The summed E-state index contributed by atoms with van der Waals surface area (Å²) in [4.78, 5) is 17.1.